The predicted octanol–water partition coefficient (Wildman–Crippen LogP) is 4.80. The average molecular weight is 376 g/mol. The number of rotatable bonds is 9. The van der Waals surface area contributed by atoms with Crippen molar-refractivity contribution >= 4 is 16.9 Å². The van der Waals surface area contributed by atoms with E-state index in [1.165, 1.54) is 16.6 Å². The Kier molecular flexibility index (Phi) is 7.01. The molecule has 1 heterocycles. The highest BCUT2D eigenvalue weighted by Gasteiger charge is 2.11. The number of para-hydroxylation sites is 2. The molecule has 1 amide bonds. The van der Waals surface area contributed by atoms with Gasteiger partial charge in [-0.3, -0.25) is 4.79 Å². The molecule has 0 saturated heterocycles. The van der Waals surface area contributed by atoms with Crippen LogP contribution in [0.5, 0.6) is 0 Å². The van der Waals surface area contributed by atoms with Gasteiger partial charge in [-0.25, -0.2) is 4.98 Å². The van der Waals surface area contributed by atoms with E-state index in [2.05, 4.69) is 59.3 Å². The van der Waals surface area contributed by atoms with E-state index < -0.39 is 0 Å². The molecule has 0 bridgehead atoms. The van der Waals surface area contributed by atoms with Gasteiger partial charge in [-0.2, -0.15) is 0 Å². The van der Waals surface area contributed by atoms with Crippen LogP contribution >= 0.6 is 0 Å². The summed E-state index contributed by atoms with van der Waals surface area (Å²) in [5.41, 5.74) is 4.89. The van der Waals surface area contributed by atoms with Crippen LogP contribution in [-0.4, -0.2) is 22.0 Å². The van der Waals surface area contributed by atoms with Crippen LogP contribution in [0.2, 0.25) is 0 Å². The highest BCUT2D eigenvalue weighted by Crippen LogP contribution is 2.20. The number of unbranched alkanes of at least 4 members (excludes halogenated alkanes) is 2. The van der Waals surface area contributed by atoms with Crippen molar-refractivity contribution in [2.45, 2.75) is 46.1 Å². The molecule has 0 aliphatic heterocycles. The number of allylic oxidation sites excluding steroid dienone is 1. The van der Waals surface area contributed by atoms with Crippen LogP contribution in [-0.2, 0) is 17.8 Å². The zero-order chi connectivity index (χ0) is 19.8. The van der Waals surface area contributed by atoms with E-state index in [-0.39, 0.29) is 5.91 Å². The van der Waals surface area contributed by atoms with E-state index in [1.54, 1.807) is 12.2 Å². The summed E-state index contributed by atoms with van der Waals surface area (Å²) in [5, 5.41) is 2.91. The Labute approximate surface area is 167 Å². The first kappa shape index (κ1) is 19.9. The molecule has 0 saturated carbocycles. The topological polar surface area (TPSA) is 46.9 Å². The van der Waals surface area contributed by atoms with Gasteiger partial charge in [0.2, 0.25) is 5.91 Å². The lowest BCUT2D eigenvalue weighted by Crippen LogP contribution is -2.21. The number of carbonyl (C=O) groups excluding carboxylic acids is 1. The SMILES string of the molecule is C/C=C/C(=O)NCCCCCc1nc2ccccc2n1Cc1ccccc1C. The molecule has 0 unspecified atom stereocenters. The Morgan fingerprint density at radius 1 is 1.07 bits per heavy atom. The Bertz CT molecular complexity index is 955. The van der Waals surface area contributed by atoms with Gasteiger partial charge in [-0.05, 0) is 56.0 Å². The predicted molar refractivity (Wildman–Crippen MR) is 115 cm³/mol. The first-order valence-corrected chi connectivity index (χ1v) is 10.1. The first-order chi connectivity index (χ1) is 13.7. The maximum atomic E-state index is 11.4. The van der Waals surface area contributed by atoms with E-state index in [1.807, 2.05) is 13.0 Å². The Morgan fingerprint density at radius 2 is 1.86 bits per heavy atom. The van der Waals surface area contributed by atoms with E-state index >= 15 is 0 Å². The fraction of sp³-hybridized carbons (Fsp3) is 0.333. The number of aromatic nitrogens is 2. The number of aryl methyl sites for hydroxylation is 2. The second-order valence-electron chi connectivity index (χ2n) is 7.13. The lowest BCUT2D eigenvalue weighted by Gasteiger charge is -2.11. The van der Waals surface area contributed by atoms with Crippen molar-refractivity contribution in [1.82, 2.24) is 14.9 Å². The number of nitrogens with one attached hydrogen (secondary N) is 1. The van der Waals surface area contributed by atoms with Crippen molar-refractivity contribution in [3.05, 3.63) is 77.6 Å². The average Bonchev–Trinajstić information content (AvgIpc) is 3.04. The lowest BCUT2D eigenvalue weighted by molar-refractivity contribution is -0.116. The largest absolute Gasteiger partial charge is 0.353 e. The summed E-state index contributed by atoms with van der Waals surface area (Å²) in [6.07, 6.45) is 7.40. The third-order valence-electron chi connectivity index (χ3n) is 5.02. The summed E-state index contributed by atoms with van der Waals surface area (Å²) in [7, 11) is 0. The monoisotopic (exact) mass is 375 g/mol. The van der Waals surface area contributed by atoms with E-state index in [9.17, 15) is 4.79 Å². The van der Waals surface area contributed by atoms with Gasteiger partial charge in [-0.15, -0.1) is 0 Å². The molecule has 28 heavy (non-hydrogen) atoms. The summed E-state index contributed by atoms with van der Waals surface area (Å²) < 4.78 is 2.35. The number of carbonyl (C=O) groups is 1. The van der Waals surface area contributed by atoms with Crippen LogP contribution < -0.4 is 5.32 Å². The molecule has 4 nitrogen and oxygen atoms in total. The Morgan fingerprint density at radius 3 is 2.68 bits per heavy atom. The van der Waals surface area contributed by atoms with Gasteiger partial charge in [-0.1, -0.05) is 48.9 Å². The lowest BCUT2D eigenvalue weighted by atomic mass is 10.1. The van der Waals surface area contributed by atoms with Crippen LogP contribution in [0.25, 0.3) is 11.0 Å². The van der Waals surface area contributed by atoms with Crippen LogP contribution in [0.3, 0.4) is 0 Å². The van der Waals surface area contributed by atoms with E-state index in [4.69, 9.17) is 4.98 Å². The second kappa shape index (κ2) is 9.88. The van der Waals surface area contributed by atoms with Crippen molar-refractivity contribution < 1.29 is 4.79 Å². The number of fused-ring (bicyclic) bond motifs is 1. The van der Waals surface area contributed by atoms with Crippen molar-refractivity contribution in [3.8, 4) is 0 Å². The van der Waals surface area contributed by atoms with Crippen molar-refractivity contribution in [3.63, 3.8) is 0 Å². The van der Waals surface area contributed by atoms with Gasteiger partial charge in [0.1, 0.15) is 5.82 Å². The molecule has 0 fully saturated rings. The molecular formula is C24H29N3O. The molecule has 146 valence electrons. The van der Waals surface area contributed by atoms with Crippen molar-refractivity contribution in [2.24, 2.45) is 0 Å². The standard InChI is InChI=1S/C24H29N3O/c1-3-11-24(28)25-17-10-4-5-16-23-26-21-14-8-9-15-22(21)27(23)18-20-13-7-6-12-19(20)2/h3,6-9,11-15H,4-5,10,16-18H2,1-2H3,(H,25,28)/b11-3+. The fourth-order valence-electron chi connectivity index (χ4n) is 3.46. The highest BCUT2D eigenvalue weighted by molar-refractivity contribution is 5.87. The second-order valence-corrected chi connectivity index (χ2v) is 7.13. The number of nitrogens with zero attached hydrogens (tertiary/aromatic N) is 2. The van der Waals surface area contributed by atoms with Gasteiger partial charge in [0, 0.05) is 19.5 Å². The van der Waals surface area contributed by atoms with Gasteiger partial charge in [0.25, 0.3) is 0 Å². The third kappa shape index (κ3) is 5.10. The normalized spacial score (nSPS) is 11.4. The van der Waals surface area contributed by atoms with Crippen LogP contribution in [0.1, 0.15) is 43.1 Å². The Hall–Kier alpha value is -2.88. The quantitative estimate of drug-likeness (QED) is 0.431. The number of hydrogen-bond acceptors (Lipinski definition) is 2. The van der Waals surface area contributed by atoms with Gasteiger partial charge >= 0.3 is 0 Å². The Balaban J connectivity index is 1.64. The number of hydrogen-bond donors (Lipinski definition) is 1. The number of amides is 1. The smallest absolute Gasteiger partial charge is 0.243 e. The first-order valence-electron chi connectivity index (χ1n) is 10.1. The van der Waals surface area contributed by atoms with E-state index in [0.29, 0.717) is 0 Å². The summed E-state index contributed by atoms with van der Waals surface area (Å²) in [6.45, 7) is 5.59. The molecule has 0 radical (unpaired) electrons. The number of imidazole rings is 1. The minimum atomic E-state index is -0.0116. The molecule has 0 aliphatic rings. The molecule has 2 aromatic carbocycles. The van der Waals surface area contributed by atoms with Crippen molar-refractivity contribution in [2.75, 3.05) is 6.54 Å². The van der Waals surface area contributed by atoms with Gasteiger partial charge in [0.05, 0.1) is 11.0 Å². The zero-order valence-corrected chi connectivity index (χ0v) is 16.8. The fourth-order valence-corrected chi connectivity index (χ4v) is 3.46. The molecule has 3 rings (SSSR count). The summed E-state index contributed by atoms with van der Waals surface area (Å²) in [4.78, 5) is 16.3. The summed E-state index contributed by atoms with van der Waals surface area (Å²) >= 11 is 0. The summed E-state index contributed by atoms with van der Waals surface area (Å²) in [6, 6.07) is 16.9. The summed E-state index contributed by atoms with van der Waals surface area (Å²) in [5.74, 6) is 1.13. The third-order valence-corrected chi connectivity index (χ3v) is 5.02. The highest BCUT2D eigenvalue weighted by atomic mass is 16.1. The van der Waals surface area contributed by atoms with Gasteiger partial charge in [0.15, 0.2) is 0 Å². The molecular weight excluding hydrogens is 346 g/mol. The molecule has 0 spiro atoms. The zero-order valence-electron chi connectivity index (χ0n) is 16.8. The molecule has 0 atom stereocenters. The molecule has 1 aromatic heterocycles. The van der Waals surface area contributed by atoms with Crippen LogP contribution in [0.4, 0.5) is 0 Å². The minimum Gasteiger partial charge on any atom is -0.353 e. The van der Waals surface area contributed by atoms with Gasteiger partial charge < -0.3 is 9.88 Å². The maximum Gasteiger partial charge on any atom is 0.243 e. The molecule has 3 aromatic rings. The van der Waals surface area contributed by atoms with Crippen LogP contribution in [0, 0.1) is 6.92 Å². The molecule has 0 aliphatic carbocycles. The van der Waals surface area contributed by atoms with Crippen molar-refractivity contribution in [1.29, 1.82) is 0 Å². The van der Waals surface area contributed by atoms with E-state index in [0.717, 1.165) is 50.1 Å². The van der Waals surface area contributed by atoms with Crippen LogP contribution in [0.15, 0.2) is 60.7 Å². The number of benzene rings is 2. The minimum absolute atomic E-state index is 0.0116. The molecule has 4 heteroatoms. The molecule has 1 N–H and O–H groups in total. The maximum absolute atomic E-state index is 11.4.